The van der Waals surface area contributed by atoms with Crippen molar-refractivity contribution in [3.8, 4) is 5.75 Å². The van der Waals surface area contributed by atoms with Gasteiger partial charge in [-0.15, -0.1) is 17.0 Å². The number of aryl methyl sites for hydroxylation is 1. The SMILES string of the molecule is Br.CCNC1CCc2c(ccc(C)c2O)C1. The van der Waals surface area contributed by atoms with Crippen LogP contribution in [-0.2, 0) is 12.8 Å². The molecule has 2 rings (SSSR count). The van der Waals surface area contributed by atoms with Crippen molar-refractivity contribution in [3.05, 3.63) is 28.8 Å². The molecule has 3 heteroatoms. The van der Waals surface area contributed by atoms with Crippen molar-refractivity contribution in [3.63, 3.8) is 0 Å². The Labute approximate surface area is 108 Å². The van der Waals surface area contributed by atoms with E-state index in [1.165, 1.54) is 11.1 Å². The van der Waals surface area contributed by atoms with Crippen molar-refractivity contribution in [2.24, 2.45) is 0 Å². The van der Waals surface area contributed by atoms with Gasteiger partial charge < -0.3 is 10.4 Å². The Morgan fingerprint density at radius 3 is 2.88 bits per heavy atom. The molecule has 0 heterocycles. The summed E-state index contributed by atoms with van der Waals surface area (Å²) in [5.74, 6) is 0.516. The molecule has 0 bridgehead atoms. The molecule has 1 aliphatic rings. The monoisotopic (exact) mass is 285 g/mol. The third-order valence-electron chi connectivity index (χ3n) is 3.28. The minimum Gasteiger partial charge on any atom is -0.507 e. The fraction of sp³-hybridized carbons (Fsp3) is 0.538. The number of fused-ring (bicyclic) bond motifs is 1. The number of halogens is 1. The predicted octanol–water partition coefficient (Wildman–Crippen LogP) is 2.75. The lowest BCUT2D eigenvalue weighted by Gasteiger charge is -2.26. The van der Waals surface area contributed by atoms with Crippen molar-refractivity contribution < 1.29 is 5.11 Å². The van der Waals surface area contributed by atoms with Crippen LogP contribution in [0.4, 0.5) is 0 Å². The summed E-state index contributed by atoms with van der Waals surface area (Å²) in [5, 5.41) is 13.4. The predicted molar refractivity (Wildman–Crippen MR) is 72.7 cm³/mol. The van der Waals surface area contributed by atoms with E-state index in [4.69, 9.17) is 0 Å². The minimum atomic E-state index is 0. The summed E-state index contributed by atoms with van der Waals surface area (Å²) < 4.78 is 0. The van der Waals surface area contributed by atoms with Crippen LogP contribution in [-0.4, -0.2) is 17.7 Å². The standard InChI is InChI=1S/C13H19NO.BrH/c1-3-14-11-6-7-12-10(8-11)5-4-9(2)13(12)15;/h4-5,11,14-15H,3,6-8H2,1-2H3;1H. The van der Waals surface area contributed by atoms with Crippen LogP contribution in [0.2, 0.25) is 0 Å². The summed E-state index contributed by atoms with van der Waals surface area (Å²) >= 11 is 0. The van der Waals surface area contributed by atoms with Gasteiger partial charge in [-0.05, 0) is 49.4 Å². The van der Waals surface area contributed by atoms with Gasteiger partial charge in [0.1, 0.15) is 5.75 Å². The van der Waals surface area contributed by atoms with E-state index in [1.807, 2.05) is 13.0 Å². The Bertz CT molecular complexity index is 365. The van der Waals surface area contributed by atoms with Crippen LogP contribution < -0.4 is 5.32 Å². The summed E-state index contributed by atoms with van der Waals surface area (Å²) in [7, 11) is 0. The van der Waals surface area contributed by atoms with E-state index >= 15 is 0 Å². The second-order valence-electron chi connectivity index (χ2n) is 4.37. The van der Waals surface area contributed by atoms with Crippen LogP contribution in [0.15, 0.2) is 12.1 Å². The van der Waals surface area contributed by atoms with Crippen LogP contribution in [0, 0.1) is 6.92 Å². The van der Waals surface area contributed by atoms with Gasteiger partial charge in [0.2, 0.25) is 0 Å². The molecule has 90 valence electrons. The number of benzene rings is 1. The van der Waals surface area contributed by atoms with Crippen molar-refractivity contribution in [1.82, 2.24) is 5.32 Å². The van der Waals surface area contributed by atoms with E-state index in [1.54, 1.807) is 0 Å². The number of aromatic hydroxyl groups is 1. The Morgan fingerprint density at radius 1 is 1.44 bits per heavy atom. The molecule has 1 unspecified atom stereocenters. The van der Waals surface area contributed by atoms with Gasteiger partial charge in [-0.2, -0.15) is 0 Å². The zero-order valence-corrected chi connectivity index (χ0v) is 11.6. The zero-order valence-electron chi connectivity index (χ0n) is 9.92. The molecule has 0 saturated heterocycles. The molecule has 16 heavy (non-hydrogen) atoms. The molecule has 2 nitrogen and oxygen atoms in total. The molecule has 1 aromatic carbocycles. The average molecular weight is 286 g/mol. The Balaban J connectivity index is 0.00000128. The van der Waals surface area contributed by atoms with Crippen LogP contribution in [0.5, 0.6) is 5.75 Å². The van der Waals surface area contributed by atoms with Crippen LogP contribution in [0.25, 0.3) is 0 Å². The second kappa shape index (κ2) is 5.69. The second-order valence-corrected chi connectivity index (χ2v) is 4.37. The molecule has 1 atom stereocenters. The third-order valence-corrected chi connectivity index (χ3v) is 3.28. The summed E-state index contributed by atoms with van der Waals surface area (Å²) in [6.07, 6.45) is 3.19. The number of hydrogen-bond acceptors (Lipinski definition) is 2. The normalized spacial score (nSPS) is 18.8. The van der Waals surface area contributed by atoms with Crippen molar-refractivity contribution in [2.75, 3.05) is 6.54 Å². The first kappa shape index (κ1) is 13.5. The summed E-state index contributed by atoms with van der Waals surface area (Å²) in [6.45, 7) is 5.13. The molecule has 0 saturated carbocycles. The molecule has 1 aliphatic carbocycles. The lowest BCUT2D eigenvalue weighted by atomic mass is 9.86. The first-order chi connectivity index (χ1) is 7.22. The number of rotatable bonds is 2. The molecular weight excluding hydrogens is 266 g/mol. The molecule has 0 aromatic heterocycles. The molecule has 2 N–H and O–H groups in total. The van der Waals surface area contributed by atoms with Crippen molar-refractivity contribution >= 4 is 17.0 Å². The Morgan fingerprint density at radius 2 is 2.19 bits per heavy atom. The summed E-state index contributed by atoms with van der Waals surface area (Å²) in [5.41, 5.74) is 3.48. The van der Waals surface area contributed by atoms with Crippen LogP contribution >= 0.6 is 17.0 Å². The maximum absolute atomic E-state index is 9.94. The van der Waals surface area contributed by atoms with Gasteiger partial charge in [0.25, 0.3) is 0 Å². The van der Waals surface area contributed by atoms with E-state index in [0.717, 1.165) is 31.4 Å². The number of likely N-dealkylation sites (N-methyl/N-ethyl adjacent to an activating group) is 1. The quantitative estimate of drug-likeness (QED) is 0.876. The molecule has 0 aliphatic heterocycles. The molecule has 0 fully saturated rings. The molecule has 0 amide bonds. The van der Waals surface area contributed by atoms with E-state index in [-0.39, 0.29) is 17.0 Å². The number of hydrogen-bond donors (Lipinski definition) is 2. The first-order valence-corrected chi connectivity index (χ1v) is 5.76. The highest BCUT2D eigenvalue weighted by Crippen LogP contribution is 2.31. The fourth-order valence-corrected chi connectivity index (χ4v) is 2.41. The zero-order chi connectivity index (χ0) is 10.8. The number of nitrogens with one attached hydrogen (secondary N) is 1. The van der Waals surface area contributed by atoms with Gasteiger partial charge in [-0.25, -0.2) is 0 Å². The van der Waals surface area contributed by atoms with Crippen molar-refractivity contribution in [1.29, 1.82) is 0 Å². The summed E-state index contributed by atoms with van der Waals surface area (Å²) in [4.78, 5) is 0. The minimum absolute atomic E-state index is 0. The Kier molecular flexibility index (Phi) is 4.81. The topological polar surface area (TPSA) is 32.3 Å². The van der Waals surface area contributed by atoms with E-state index in [9.17, 15) is 5.11 Å². The lowest BCUT2D eigenvalue weighted by Crippen LogP contribution is -2.34. The summed E-state index contributed by atoms with van der Waals surface area (Å²) in [6, 6.07) is 4.76. The number of phenolic OH excluding ortho intramolecular Hbond substituents is 1. The molecular formula is C13H20BrNO. The van der Waals surface area contributed by atoms with E-state index < -0.39 is 0 Å². The molecule has 0 radical (unpaired) electrons. The highest BCUT2D eigenvalue weighted by atomic mass is 79.9. The Hall–Kier alpha value is -0.540. The van der Waals surface area contributed by atoms with Gasteiger partial charge in [-0.1, -0.05) is 19.1 Å². The van der Waals surface area contributed by atoms with E-state index in [2.05, 4.69) is 18.3 Å². The fourth-order valence-electron chi connectivity index (χ4n) is 2.41. The molecule has 1 aromatic rings. The maximum atomic E-state index is 9.94. The largest absolute Gasteiger partial charge is 0.507 e. The third kappa shape index (κ3) is 2.58. The molecule has 0 spiro atoms. The average Bonchev–Trinajstić information content (AvgIpc) is 2.24. The van der Waals surface area contributed by atoms with Gasteiger partial charge in [0, 0.05) is 6.04 Å². The lowest BCUT2D eigenvalue weighted by molar-refractivity contribution is 0.434. The van der Waals surface area contributed by atoms with Gasteiger partial charge >= 0.3 is 0 Å². The maximum Gasteiger partial charge on any atom is 0.121 e. The van der Waals surface area contributed by atoms with Crippen molar-refractivity contribution in [2.45, 2.75) is 39.2 Å². The number of phenols is 1. The van der Waals surface area contributed by atoms with Gasteiger partial charge in [0.15, 0.2) is 0 Å². The van der Waals surface area contributed by atoms with Gasteiger partial charge in [-0.3, -0.25) is 0 Å². The highest BCUT2D eigenvalue weighted by Gasteiger charge is 2.20. The van der Waals surface area contributed by atoms with Crippen LogP contribution in [0.3, 0.4) is 0 Å². The first-order valence-electron chi connectivity index (χ1n) is 5.76. The van der Waals surface area contributed by atoms with Crippen LogP contribution in [0.1, 0.15) is 30.0 Å². The van der Waals surface area contributed by atoms with Gasteiger partial charge in [0.05, 0.1) is 0 Å². The van der Waals surface area contributed by atoms with E-state index in [0.29, 0.717) is 11.8 Å². The highest BCUT2D eigenvalue weighted by molar-refractivity contribution is 8.93. The smallest absolute Gasteiger partial charge is 0.121 e.